The molecule has 0 radical (unpaired) electrons. The van der Waals surface area contributed by atoms with Gasteiger partial charge in [-0.2, -0.15) is 0 Å². The van der Waals surface area contributed by atoms with Crippen LogP contribution in [-0.2, 0) is 4.79 Å². The minimum absolute atomic E-state index is 0.0668. The molecule has 182 valence electrons. The van der Waals surface area contributed by atoms with E-state index < -0.39 is 6.04 Å². The van der Waals surface area contributed by atoms with Gasteiger partial charge in [0.05, 0.1) is 5.69 Å². The topological polar surface area (TPSA) is 74.4 Å². The molecule has 6 heteroatoms. The van der Waals surface area contributed by atoms with E-state index in [4.69, 9.17) is 4.74 Å². The second-order valence-electron chi connectivity index (χ2n) is 9.11. The fourth-order valence-corrected chi connectivity index (χ4v) is 4.77. The summed E-state index contributed by atoms with van der Waals surface area (Å²) in [6.07, 6.45) is 1.96. The molecule has 1 aliphatic heterocycles. The van der Waals surface area contributed by atoms with Crippen molar-refractivity contribution in [2.24, 2.45) is 0 Å². The summed E-state index contributed by atoms with van der Waals surface area (Å²) in [6.45, 7) is 0.0668. The van der Waals surface area contributed by atoms with Crippen LogP contribution in [-0.4, -0.2) is 36.5 Å². The number of ether oxygens (including phenoxy) is 1. The van der Waals surface area contributed by atoms with Crippen LogP contribution < -0.4 is 15.0 Å². The minimum Gasteiger partial charge on any atom is -0.489 e. The van der Waals surface area contributed by atoms with Crippen molar-refractivity contribution in [2.45, 2.75) is 6.04 Å². The predicted octanol–water partition coefficient (Wildman–Crippen LogP) is 5.66. The highest BCUT2D eigenvalue weighted by Gasteiger charge is 2.30. The van der Waals surface area contributed by atoms with Crippen molar-refractivity contribution in [1.82, 2.24) is 10.3 Å². The zero-order valence-electron chi connectivity index (χ0n) is 20.3. The fourth-order valence-electron chi connectivity index (χ4n) is 4.77. The number of fused-ring (bicyclic) bond motifs is 2. The SMILES string of the molecule is CN1C(=O)[C@@H](NC(=O)c2ccc3[nH]cc(-c4ccc(-c5ccccc5)cc4)c3c2)COc2ccccc21. The van der Waals surface area contributed by atoms with Crippen molar-refractivity contribution in [3.05, 3.63) is 109 Å². The van der Waals surface area contributed by atoms with Gasteiger partial charge in [0.25, 0.3) is 11.8 Å². The standard InChI is InChI=1S/C31H25N3O3/c1-34-28-9-5-6-10-29(28)37-19-27(31(34)36)33-30(35)23-15-16-26-24(17-23)25(18-32-26)22-13-11-21(12-14-22)20-7-3-2-4-8-20/h2-18,27,32H,19H2,1H3,(H,33,35)/t27-/m0/s1. The van der Waals surface area contributed by atoms with Crippen LogP contribution in [0.2, 0.25) is 0 Å². The molecule has 2 amide bonds. The Labute approximate surface area is 214 Å². The van der Waals surface area contributed by atoms with E-state index >= 15 is 0 Å². The zero-order valence-corrected chi connectivity index (χ0v) is 20.3. The van der Waals surface area contributed by atoms with E-state index in [-0.39, 0.29) is 18.4 Å². The van der Waals surface area contributed by atoms with Crippen LogP contribution in [0.25, 0.3) is 33.2 Å². The van der Waals surface area contributed by atoms with Crippen molar-refractivity contribution in [3.63, 3.8) is 0 Å². The molecule has 5 aromatic rings. The largest absolute Gasteiger partial charge is 0.489 e. The number of carbonyl (C=O) groups excluding carboxylic acids is 2. The lowest BCUT2D eigenvalue weighted by atomic mass is 9.99. The normalized spacial score (nSPS) is 15.1. The van der Waals surface area contributed by atoms with Crippen LogP contribution in [0.1, 0.15) is 10.4 Å². The number of hydrogen-bond acceptors (Lipinski definition) is 3. The molecule has 1 aromatic heterocycles. The van der Waals surface area contributed by atoms with E-state index in [1.165, 1.54) is 4.90 Å². The Morgan fingerprint density at radius 1 is 0.892 bits per heavy atom. The summed E-state index contributed by atoms with van der Waals surface area (Å²) in [5, 5.41) is 3.80. The van der Waals surface area contributed by atoms with Crippen LogP contribution in [0.4, 0.5) is 5.69 Å². The summed E-state index contributed by atoms with van der Waals surface area (Å²) in [5.41, 5.74) is 6.46. The van der Waals surface area contributed by atoms with E-state index in [0.29, 0.717) is 17.0 Å². The van der Waals surface area contributed by atoms with E-state index in [1.807, 2.05) is 60.8 Å². The van der Waals surface area contributed by atoms with Crippen molar-refractivity contribution in [2.75, 3.05) is 18.6 Å². The van der Waals surface area contributed by atoms with Crippen LogP contribution in [0.5, 0.6) is 5.75 Å². The molecular weight excluding hydrogens is 462 g/mol. The van der Waals surface area contributed by atoms with Gasteiger partial charge in [0.15, 0.2) is 0 Å². The predicted molar refractivity (Wildman–Crippen MR) is 146 cm³/mol. The lowest BCUT2D eigenvalue weighted by Gasteiger charge is -2.20. The molecule has 0 fully saturated rings. The molecule has 2 N–H and O–H groups in total. The average molecular weight is 488 g/mol. The monoisotopic (exact) mass is 487 g/mol. The lowest BCUT2D eigenvalue weighted by Crippen LogP contribution is -2.49. The van der Waals surface area contributed by atoms with Crippen LogP contribution in [0.15, 0.2) is 103 Å². The van der Waals surface area contributed by atoms with Gasteiger partial charge in [-0.25, -0.2) is 0 Å². The van der Waals surface area contributed by atoms with Gasteiger partial charge >= 0.3 is 0 Å². The molecular formula is C31H25N3O3. The number of benzene rings is 4. The summed E-state index contributed by atoms with van der Waals surface area (Å²) in [4.78, 5) is 31.1. The summed E-state index contributed by atoms with van der Waals surface area (Å²) in [6, 6.07) is 30.7. The third kappa shape index (κ3) is 4.23. The van der Waals surface area contributed by atoms with Crippen molar-refractivity contribution < 1.29 is 14.3 Å². The van der Waals surface area contributed by atoms with Gasteiger partial charge in [0.2, 0.25) is 0 Å². The molecule has 1 aliphatic rings. The summed E-state index contributed by atoms with van der Waals surface area (Å²) in [5.74, 6) is 0.0711. The van der Waals surface area contributed by atoms with Gasteiger partial charge in [-0.05, 0) is 47.0 Å². The smallest absolute Gasteiger partial charge is 0.252 e. The number of aromatic nitrogens is 1. The number of H-pyrrole nitrogens is 1. The summed E-state index contributed by atoms with van der Waals surface area (Å²) < 4.78 is 5.83. The second-order valence-corrected chi connectivity index (χ2v) is 9.11. The minimum atomic E-state index is -0.795. The Balaban J connectivity index is 1.25. The zero-order chi connectivity index (χ0) is 25.4. The maximum atomic E-state index is 13.2. The van der Waals surface area contributed by atoms with Gasteiger partial charge in [-0.1, -0.05) is 66.7 Å². The first-order valence-corrected chi connectivity index (χ1v) is 12.2. The number of anilines is 1. The highest BCUT2D eigenvalue weighted by Crippen LogP contribution is 2.32. The number of likely N-dealkylation sites (N-methyl/N-ethyl adjacent to an activating group) is 1. The molecule has 0 saturated carbocycles. The number of nitrogens with zero attached hydrogens (tertiary/aromatic N) is 1. The summed E-state index contributed by atoms with van der Waals surface area (Å²) >= 11 is 0. The van der Waals surface area contributed by atoms with Crippen LogP contribution in [0, 0.1) is 0 Å². The van der Waals surface area contributed by atoms with E-state index in [1.54, 1.807) is 13.1 Å². The number of hydrogen-bond donors (Lipinski definition) is 2. The van der Waals surface area contributed by atoms with Crippen LogP contribution >= 0.6 is 0 Å². The highest BCUT2D eigenvalue weighted by molar-refractivity contribution is 6.06. The molecule has 0 bridgehead atoms. The number of rotatable bonds is 4. The first-order valence-electron chi connectivity index (χ1n) is 12.2. The van der Waals surface area contributed by atoms with Crippen molar-refractivity contribution in [1.29, 1.82) is 0 Å². The number of aromatic amines is 1. The Bertz CT molecular complexity index is 1610. The molecule has 6 rings (SSSR count). The van der Waals surface area contributed by atoms with Gasteiger partial charge in [-0.3, -0.25) is 9.59 Å². The van der Waals surface area contributed by atoms with E-state index in [2.05, 4.69) is 46.7 Å². The number of carbonyl (C=O) groups is 2. The maximum Gasteiger partial charge on any atom is 0.252 e. The van der Waals surface area contributed by atoms with Gasteiger partial charge in [-0.15, -0.1) is 0 Å². The molecule has 0 unspecified atom stereocenters. The molecule has 2 heterocycles. The molecule has 6 nitrogen and oxygen atoms in total. The quantitative estimate of drug-likeness (QED) is 0.344. The average Bonchev–Trinajstić information content (AvgIpc) is 3.34. The van der Waals surface area contributed by atoms with Gasteiger partial charge < -0.3 is 19.9 Å². The Morgan fingerprint density at radius 2 is 1.59 bits per heavy atom. The molecule has 37 heavy (non-hydrogen) atoms. The maximum absolute atomic E-state index is 13.2. The lowest BCUT2D eigenvalue weighted by molar-refractivity contribution is -0.120. The number of amides is 2. The molecule has 0 spiro atoms. The second kappa shape index (κ2) is 9.32. The number of para-hydroxylation sites is 2. The number of nitrogens with one attached hydrogen (secondary N) is 2. The third-order valence-electron chi connectivity index (χ3n) is 6.81. The van der Waals surface area contributed by atoms with Gasteiger partial charge in [0, 0.05) is 35.3 Å². The third-order valence-corrected chi connectivity index (χ3v) is 6.81. The van der Waals surface area contributed by atoms with Crippen molar-refractivity contribution >= 4 is 28.4 Å². The van der Waals surface area contributed by atoms with Crippen molar-refractivity contribution in [3.8, 4) is 28.0 Å². The molecule has 4 aromatic carbocycles. The first-order chi connectivity index (χ1) is 18.1. The molecule has 0 saturated heterocycles. The Hall–Kier alpha value is -4.84. The van der Waals surface area contributed by atoms with E-state index in [9.17, 15) is 9.59 Å². The molecule has 1 atom stereocenters. The summed E-state index contributed by atoms with van der Waals surface area (Å²) in [7, 11) is 1.69. The van der Waals surface area contributed by atoms with E-state index in [0.717, 1.165) is 33.2 Å². The Kier molecular flexibility index (Phi) is 5.69. The first kappa shape index (κ1) is 22.6. The Morgan fingerprint density at radius 3 is 2.41 bits per heavy atom. The van der Waals surface area contributed by atoms with Gasteiger partial charge in [0.1, 0.15) is 18.4 Å². The highest BCUT2D eigenvalue weighted by atomic mass is 16.5. The van der Waals surface area contributed by atoms with Crippen LogP contribution in [0.3, 0.4) is 0 Å². The molecule has 0 aliphatic carbocycles. The fraction of sp³-hybridized carbons (Fsp3) is 0.0968.